The van der Waals surface area contributed by atoms with E-state index in [2.05, 4.69) is 10.0 Å². The molecule has 0 atom stereocenters. The number of halogens is 1. The minimum Gasteiger partial charge on any atom is -0.351 e. The summed E-state index contributed by atoms with van der Waals surface area (Å²) >= 11 is 5.77. The molecule has 0 aromatic heterocycles. The molecule has 1 rings (SSSR count). The van der Waals surface area contributed by atoms with Crippen LogP contribution >= 0.6 is 11.6 Å². The quantitative estimate of drug-likeness (QED) is 0.450. The number of rotatable bonds is 6. The Kier molecular flexibility index (Phi) is 5.43. The first-order chi connectivity index (χ1) is 9.22. The maximum Gasteiger partial charge on any atom is 0.288 e. The van der Waals surface area contributed by atoms with Crippen LogP contribution in [0.1, 0.15) is 10.4 Å². The first-order valence-corrected chi connectivity index (χ1v) is 7.65. The van der Waals surface area contributed by atoms with Gasteiger partial charge in [-0.3, -0.25) is 14.9 Å². The fourth-order valence-electron chi connectivity index (χ4n) is 1.34. The van der Waals surface area contributed by atoms with Crippen molar-refractivity contribution in [2.24, 2.45) is 0 Å². The molecule has 0 unspecified atom stereocenters. The van der Waals surface area contributed by atoms with Gasteiger partial charge in [-0.25, -0.2) is 13.1 Å². The van der Waals surface area contributed by atoms with Crippen molar-refractivity contribution in [2.75, 3.05) is 19.3 Å². The minimum atomic E-state index is -3.33. The Balaban J connectivity index is 2.69. The third-order valence-corrected chi connectivity index (χ3v) is 3.32. The highest BCUT2D eigenvalue weighted by Crippen LogP contribution is 2.27. The monoisotopic (exact) mass is 321 g/mol. The number of hydrogen-bond donors (Lipinski definition) is 2. The number of amides is 1. The van der Waals surface area contributed by atoms with Gasteiger partial charge in [0.2, 0.25) is 10.0 Å². The molecule has 0 heterocycles. The molecule has 2 N–H and O–H groups in total. The van der Waals surface area contributed by atoms with Crippen LogP contribution < -0.4 is 10.0 Å². The van der Waals surface area contributed by atoms with Gasteiger partial charge in [-0.2, -0.15) is 0 Å². The summed E-state index contributed by atoms with van der Waals surface area (Å²) in [6.45, 7) is 0.0437. The second-order valence-corrected chi connectivity index (χ2v) is 6.03. The number of hydrogen-bond acceptors (Lipinski definition) is 5. The molecule has 0 aliphatic rings. The lowest BCUT2D eigenvalue weighted by molar-refractivity contribution is -0.384. The van der Waals surface area contributed by atoms with Gasteiger partial charge in [-0.05, 0) is 6.07 Å². The highest BCUT2D eigenvalue weighted by atomic mass is 35.5. The molecule has 0 saturated carbocycles. The van der Waals surface area contributed by atoms with Gasteiger partial charge in [0.15, 0.2) is 0 Å². The molecule has 1 amide bonds. The normalized spacial score (nSPS) is 11.1. The number of carbonyl (C=O) groups excluding carboxylic acids is 1. The van der Waals surface area contributed by atoms with Gasteiger partial charge in [0.1, 0.15) is 5.02 Å². The fraction of sp³-hybridized carbons (Fsp3) is 0.300. The summed E-state index contributed by atoms with van der Waals surface area (Å²) in [6.07, 6.45) is 0.992. The Morgan fingerprint density at radius 2 is 2.05 bits per heavy atom. The van der Waals surface area contributed by atoms with Crippen LogP contribution in [0.3, 0.4) is 0 Å². The lowest BCUT2D eigenvalue weighted by Gasteiger charge is -2.07. The van der Waals surface area contributed by atoms with E-state index in [-0.39, 0.29) is 29.4 Å². The number of nitrogens with one attached hydrogen (secondary N) is 2. The molecule has 8 nitrogen and oxygen atoms in total. The van der Waals surface area contributed by atoms with Crippen molar-refractivity contribution in [2.45, 2.75) is 0 Å². The maximum absolute atomic E-state index is 11.8. The lowest BCUT2D eigenvalue weighted by atomic mass is 10.2. The average molecular weight is 322 g/mol. The largest absolute Gasteiger partial charge is 0.351 e. The van der Waals surface area contributed by atoms with Gasteiger partial charge in [0.05, 0.1) is 16.7 Å². The van der Waals surface area contributed by atoms with Crippen molar-refractivity contribution in [3.8, 4) is 0 Å². The Hall–Kier alpha value is -1.71. The first kappa shape index (κ1) is 16.3. The topological polar surface area (TPSA) is 118 Å². The molecule has 10 heteroatoms. The van der Waals surface area contributed by atoms with Gasteiger partial charge in [0, 0.05) is 19.2 Å². The predicted molar refractivity (Wildman–Crippen MR) is 73.3 cm³/mol. The number of nitro benzene ring substituents is 1. The highest BCUT2D eigenvalue weighted by molar-refractivity contribution is 7.88. The van der Waals surface area contributed by atoms with E-state index >= 15 is 0 Å². The van der Waals surface area contributed by atoms with Crippen molar-refractivity contribution in [1.82, 2.24) is 10.0 Å². The molecule has 20 heavy (non-hydrogen) atoms. The van der Waals surface area contributed by atoms with Crippen molar-refractivity contribution in [3.05, 3.63) is 38.9 Å². The SMILES string of the molecule is CS(=O)(=O)NCCNC(=O)c1cccc([N+](=O)[O-])c1Cl. The van der Waals surface area contributed by atoms with Gasteiger partial charge < -0.3 is 5.32 Å². The summed E-state index contributed by atoms with van der Waals surface area (Å²) in [4.78, 5) is 21.8. The Morgan fingerprint density at radius 3 is 2.60 bits per heavy atom. The Labute approximate surface area is 120 Å². The van der Waals surface area contributed by atoms with Crippen LogP contribution in [0.25, 0.3) is 0 Å². The second-order valence-electron chi connectivity index (χ2n) is 3.82. The van der Waals surface area contributed by atoms with E-state index in [0.29, 0.717) is 0 Å². The smallest absolute Gasteiger partial charge is 0.288 e. The molecule has 1 aromatic rings. The van der Waals surface area contributed by atoms with E-state index in [0.717, 1.165) is 6.26 Å². The Morgan fingerprint density at radius 1 is 1.40 bits per heavy atom. The van der Waals surface area contributed by atoms with Crippen molar-refractivity contribution < 1.29 is 18.1 Å². The first-order valence-electron chi connectivity index (χ1n) is 5.38. The van der Waals surface area contributed by atoms with E-state index in [1.54, 1.807) is 0 Å². The van der Waals surface area contributed by atoms with Crippen LogP contribution in [0, 0.1) is 10.1 Å². The van der Waals surface area contributed by atoms with Crippen molar-refractivity contribution in [3.63, 3.8) is 0 Å². The highest BCUT2D eigenvalue weighted by Gasteiger charge is 2.19. The number of nitro groups is 1. The summed E-state index contributed by atoms with van der Waals surface area (Å²) in [7, 11) is -3.33. The molecule has 0 spiro atoms. The van der Waals surface area contributed by atoms with Gasteiger partial charge in [0.25, 0.3) is 11.6 Å². The van der Waals surface area contributed by atoms with Crippen LogP contribution in [0.4, 0.5) is 5.69 Å². The predicted octanol–water partition coefficient (Wildman–Crippen LogP) is 0.527. The van der Waals surface area contributed by atoms with E-state index in [9.17, 15) is 23.3 Å². The van der Waals surface area contributed by atoms with E-state index in [4.69, 9.17) is 11.6 Å². The molecule has 110 valence electrons. The number of sulfonamides is 1. The summed E-state index contributed by atoms with van der Waals surface area (Å²) < 4.78 is 23.8. The number of benzene rings is 1. The molecule has 0 aliphatic carbocycles. The number of nitrogens with zero attached hydrogens (tertiary/aromatic N) is 1. The van der Waals surface area contributed by atoms with Crippen LogP contribution in [-0.2, 0) is 10.0 Å². The summed E-state index contributed by atoms with van der Waals surface area (Å²) in [6, 6.07) is 3.87. The zero-order valence-corrected chi connectivity index (χ0v) is 12.0. The van der Waals surface area contributed by atoms with Gasteiger partial charge in [-0.15, -0.1) is 0 Å². The summed E-state index contributed by atoms with van der Waals surface area (Å²) in [5.41, 5.74) is -0.409. The zero-order valence-electron chi connectivity index (χ0n) is 10.4. The molecule has 0 bridgehead atoms. The van der Waals surface area contributed by atoms with Crippen LogP contribution in [0.15, 0.2) is 18.2 Å². The van der Waals surface area contributed by atoms with Crippen LogP contribution in [0.5, 0.6) is 0 Å². The molecular weight excluding hydrogens is 310 g/mol. The van der Waals surface area contributed by atoms with Crippen molar-refractivity contribution >= 4 is 33.2 Å². The zero-order chi connectivity index (χ0) is 15.3. The third kappa shape index (κ3) is 4.76. The van der Waals surface area contributed by atoms with Crippen LogP contribution in [-0.4, -0.2) is 38.6 Å². The molecule has 0 radical (unpaired) electrons. The average Bonchev–Trinajstić information content (AvgIpc) is 2.33. The lowest BCUT2D eigenvalue weighted by Crippen LogP contribution is -2.34. The molecule has 1 aromatic carbocycles. The second kappa shape index (κ2) is 6.64. The van der Waals surface area contributed by atoms with E-state index in [1.165, 1.54) is 18.2 Å². The molecule has 0 saturated heterocycles. The summed E-state index contributed by atoms with van der Waals surface area (Å²) in [5, 5.41) is 12.8. The Bertz CT molecular complexity index is 632. The molecule has 0 aliphatic heterocycles. The van der Waals surface area contributed by atoms with Gasteiger partial charge in [-0.1, -0.05) is 17.7 Å². The maximum atomic E-state index is 11.8. The fourth-order valence-corrected chi connectivity index (χ4v) is 2.10. The summed E-state index contributed by atoms with van der Waals surface area (Å²) in [5.74, 6) is -0.617. The van der Waals surface area contributed by atoms with E-state index in [1.807, 2.05) is 0 Å². The third-order valence-electron chi connectivity index (χ3n) is 2.19. The number of carbonyl (C=O) groups is 1. The molecule has 0 fully saturated rings. The van der Waals surface area contributed by atoms with Gasteiger partial charge >= 0.3 is 0 Å². The van der Waals surface area contributed by atoms with Crippen molar-refractivity contribution in [1.29, 1.82) is 0 Å². The van der Waals surface area contributed by atoms with Crippen LogP contribution in [0.2, 0.25) is 5.02 Å². The minimum absolute atomic E-state index is 0.0110. The molecular formula is C10H12ClN3O5S. The standard InChI is InChI=1S/C10H12ClN3O5S/c1-20(18,19)13-6-5-12-10(15)7-3-2-4-8(9(7)11)14(16)17/h2-4,13H,5-6H2,1H3,(H,12,15). The van der Waals surface area contributed by atoms with E-state index < -0.39 is 20.9 Å².